The van der Waals surface area contributed by atoms with E-state index in [9.17, 15) is 9.59 Å². The second-order valence-corrected chi connectivity index (χ2v) is 7.02. The van der Waals surface area contributed by atoms with Gasteiger partial charge in [-0.3, -0.25) is 0 Å². The Morgan fingerprint density at radius 2 is 1.86 bits per heavy atom. The van der Waals surface area contributed by atoms with Crippen LogP contribution in [0.4, 0.5) is 9.59 Å². The molecule has 0 bridgehead atoms. The summed E-state index contributed by atoms with van der Waals surface area (Å²) >= 11 is 1.61. The van der Waals surface area contributed by atoms with Gasteiger partial charge in [0, 0.05) is 32.7 Å². The van der Waals surface area contributed by atoms with Gasteiger partial charge in [-0.05, 0) is 43.2 Å². The van der Waals surface area contributed by atoms with Gasteiger partial charge in [-0.2, -0.15) is 11.3 Å². The molecule has 3 amide bonds. The van der Waals surface area contributed by atoms with Gasteiger partial charge in [-0.15, -0.1) is 0 Å². The molecule has 0 aliphatic carbocycles. The molecule has 1 aromatic heterocycles. The van der Waals surface area contributed by atoms with E-state index in [0.29, 0.717) is 32.7 Å². The molecule has 0 aromatic carbocycles. The number of carbonyl (C=O) groups is 2. The number of nitrogens with zero attached hydrogens (tertiary/aromatic N) is 2. The van der Waals surface area contributed by atoms with Crippen LogP contribution in [0.3, 0.4) is 0 Å². The predicted octanol–water partition coefficient (Wildman–Crippen LogP) is 2.51. The second kappa shape index (κ2) is 7.00. The number of carbonyl (C=O) groups excluding carboxylic acids is 2. The van der Waals surface area contributed by atoms with Crippen LogP contribution in [0.15, 0.2) is 16.8 Å². The molecule has 7 heteroatoms. The van der Waals surface area contributed by atoms with Crippen LogP contribution in [0.1, 0.15) is 26.3 Å². The number of ether oxygens (including phenoxy) is 1. The number of thiophene rings is 1. The molecule has 2 rings (SSSR count). The van der Waals surface area contributed by atoms with Crippen LogP contribution >= 0.6 is 11.3 Å². The highest BCUT2D eigenvalue weighted by molar-refractivity contribution is 7.07. The molecule has 0 unspecified atom stereocenters. The van der Waals surface area contributed by atoms with Crippen molar-refractivity contribution in [2.75, 3.05) is 26.2 Å². The zero-order valence-corrected chi connectivity index (χ0v) is 14.1. The fraction of sp³-hybridized carbons (Fsp3) is 0.600. The number of urea groups is 1. The summed E-state index contributed by atoms with van der Waals surface area (Å²) in [5.74, 6) is 0. The summed E-state index contributed by atoms with van der Waals surface area (Å²) in [7, 11) is 0. The van der Waals surface area contributed by atoms with Gasteiger partial charge in [0.15, 0.2) is 0 Å². The highest BCUT2D eigenvalue weighted by atomic mass is 32.1. The zero-order chi connectivity index (χ0) is 16.2. The van der Waals surface area contributed by atoms with Crippen molar-refractivity contribution in [3.63, 3.8) is 0 Å². The summed E-state index contributed by atoms with van der Waals surface area (Å²) in [6.07, 6.45) is -0.314. The maximum Gasteiger partial charge on any atom is 0.410 e. The van der Waals surface area contributed by atoms with E-state index in [-0.39, 0.29) is 12.1 Å². The van der Waals surface area contributed by atoms with Gasteiger partial charge in [0.1, 0.15) is 5.60 Å². The average molecular weight is 325 g/mol. The summed E-state index contributed by atoms with van der Waals surface area (Å²) in [6, 6.07) is 1.90. The Balaban J connectivity index is 1.74. The Kier molecular flexibility index (Phi) is 5.28. The van der Waals surface area contributed by atoms with E-state index < -0.39 is 5.60 Å². The van der Waals surface area contributed by atoms with Crippen molar-refractivity contribution in [2.45, 2.75) is 32.9 Å². The molecule has 2 heterocycles. The Morgan fingerprint density at radius 1 is 1.23 bits per heavy atom. The number of rotatable bonds is 2. The lowest BCUT2D eigenvalue weighted by molar-refractivity contribution is 0.0170. The molecule has 0 saturated carbocycles. The van der Waals surface area contributed by atoms with Crippen LogP contribution in [0.25, 0.3) is 0 Å². The van der Waals surface area contributed by atoms with Crippen LogP contribution in [-0.4, -0.2) is 53.7 Å². The second-order valence-electron chi connectivity index (χ2n) is 6.24. The van der Waals surface area contributed by atoms with E-state index in [4.69, 9.17) is 4.74 Å². The lowest BCUT2D eigenvalue weighted by atomic mass is 10.2. The maximum absolute atomic E-state index is 12.1. The van der Waals surface area contributed by atoms with Crippen molar-refractivity contribution < 1.29 is 14.3 Å². The molecule has 22 heavy (non-hydrogen) atoms. The molecule has 1 saturated heterocycles. The Hall–Kier alpha value is -1.76. The predicted molar refractivity (Wildman–Crippen MR) is 85.9 cm³/mol. The molecular weight excluding hydrogens is 302 g/mol. The van der Waals surface area contributed by atoms with Gasteiger partial charge in [0.05, 0.1) is 0 Å². The molecule has 1 aliphatic heterocycles. The van der Waals surface area contributed by atoms with Crippen molar-refractivity contribution in [2.24, 2.45) is 0 Å². The van der Waals surface area contributed by atoms with Crippen molar-refractivity contribution in [1.82, 2.24) is 15.1 Å². The molecule has 1 fully saturated rings. The number of nitrogens with one attached hydrogen (secondary N) is 1. The molecule has 122 valence electrons. The van der Waals surface area contributed by atoms with Gasteiger partial charge >= 0.3 is 12.1 Å². The van der Waals surface area contributed by atoms with Gasteiger partial charge in [-0.25, -0.2) is 9.59 Å². The third kappa shape index (κ3) is 4.91. The lowest BCUT2D eigenvalue weighted by Gasteiger charge is -2.35. The fourth-order valence-corrected chi connectivity index (χ4v) is 2.77. The van der Waals surface area contributed by atoms with Crippen molar-refractivity contribution >= 4 is 23.5 Å². The minimum atomic E-state index is -0.494. The molecule has 0 spiro atoms. The van der Waals surface area contributed by atoms with Gasteiger partial charge in [-0.1, -0.05) is 0 Å². The normalized spacial score (nSPS) is 15.6. The quantitative estimate of drug-likeness (QED) is 0.909. The minimum absolute atomic E-state index is 0.0879. The first-order valence-corrected chi connectivity index (χ1v) is 8.31. The summed E-state index contributed by atoms with van der Waals surface area (Å²) in [6.45, 7) is 8.12. The Bertz CT molecular complexity index is 503. The number of piperazine rings is 1. The molecule has 1 N–H and O–H groups in total. The Morgan fingerprint density at radius 3 is 2.41 bits per heavy atom. The number of amides is 3. The minimum Gasteiger partial charge on any atom is -0.444 e. The largest absolute Gasteiger partial charge is 0.444 e. The molecule has 1 aliphatic rings. The zero-order valence-electron chi connectivity index (χ0n) is 13.3. The molecular formula is C15H23N3O3S. The fourth-order valence-electron chi connectivity index (χ4n) is 2.10. The number of hydrogen-bond donors (Lipinski definition) is 1. The van der Waals surface area contributed by atoms with E-state index in [1.165, 1.54) is 0 Å². The summed E-state index contributed by atoms with van der Waals surface area (Å²) in [5, 5.41) is 6.90. The highest BCUT2D eigenvalue weighted by Gasteiger charge is 2.27. The van der Waals surface area contributed by atoms with Crippen LogP contribution in [0.5, 0.6) is 0 Å². The van der Waals surface area contributed by atoms with Crippen molar-refractivity contribution in [3.8, 4) is 0 Å². The van der Waals surface area contributed by atoms with Crippen LogP contribution in [0, 0.1) is 0 Å². The van der Waals surface area contributed by atoms with Crippen LogP contribution in [0.2, 0.25) is 0 Å². The molecule has 6 nitrogen and oxygen atoms in total. The van der Waals surface area contributed by atoms with E-state index in [2.05, 4.69) is 5.32 Å². The smallest absolute Gasteiger partial charge is 0.410 e. The molecule has 0 atom stereocenters. The summed E-state index contributed by atoms with van der Waals surface area (Å²) < 4.78 is 5.34. The monoisotopic (exact) mass is 325 g/mol. The van der Waals surface area contributed by atoms with Crippen LogP contribution in [-0.2, 0) is 11.3 Å². The van der Waals surface area contributed by atoms with Crippen LogP contribution < -0.4 is 5.32 Å². The first-order valence-electron chi connectivity index (χ1n) is 7.37. The first-order chi connectivity index (χ1) is 10.3. The maximum atomic E-state index is 12.1. The molecule has 1 aromatic rings. The third-order valence-corrected chi connectivity index (χ3v) is 3.97. The number of hydrogen-bond acceptors (Lipinski definition) is 4. The van der Waals surface area contributed by atoms with E-state index >= 15 is 0 Å². The SMILES string of the molecule is CC(C)(C)OC(=O)N1CCN(C(=O)NCc2ccsc2)CC1. The topological polar surface area (TPSA) is 61.9 Å². The average Bonchev–Trinajstić information content (AvgIpc) is 2.96. The summed E-state index contributed by atoms with van der Waals surface area (Å²) in [4.78, 5) is 27.4. The van der Waals surface area contributed by atoms with E-state index in [0.717, 1.165) is 5.56 Å². The standard InChI is InChI=1S/C15H23N3O3S/c1-15(2,3)21-14(20)18-7-5-17(6-8-18)13(19)16-10-12-4-9-22-11-12/h4,9,11H,5-8,10H2,1-3H3,(H,16,19). The summed E-state index contributed by atoms with van der Waals surface area (Å²) in [5.41, 5.74) is 0.609. The van der Waals surface area contributed by atoms with Gasteiger partial charge in [0.2, 0.25) is 0 Å². The Labute approximate surface area is 135 Å². The third-order valence-electron chi connectivity index (χ3n) is 3.24. The van der Waals surface area contributed by atoms with Gasteiger partial charge < -0.3 is 19.9 Å². The molecule has 0 radical (unpaired) electrons. The van der Waals surface area contributed by atoms with Crippen molar-refractivity contribution in [3.05, 3.63) is 22.4 Å². The first kappa shape index (κ1) is 16.6. The van der Waals surface area contributed by atoms with Gasteiger partial charge in [0.25, 0.3) is 0 Å². The van der Waals surface area contributed by atoms with Crippen molar-refractivity contribution in [1.29, 1.82) is 0 Å². The van der Waals surface area contributed by atoms with E-state index in [1.807, 2.05) is 37.6 Å². The highest BCUT2D eigenvalue weighted by Crippen LogP contribution is 2.12. The van der Waals surface area contributed by atoms with E-state index in [1.54, 1.807) is 21.1 Å². The lowest BCUT2D eigenvalue weighted by Crippen LogP contribution is -2.53.